The highest BCUT2D eigenvalue weighted by Gasteiger charge is 2.12. The van der Waals surface area contributed by atoms with Gasteiger partial charge in [0.05, 0.1) is 18.6 Å². The summed E-state index contributed by atoms with van der Waals surface area (Å²) < 4.78 is 8.10. The number of benzene rings is 2. The number of rotatable bonds is 22. The quantitative estimate of drug-likeness (QED) is 0.0726. The third-order valence-electron chi connectivity index (χ3n) is 7.92. The van der Waals surface area contributed by atoms with Gasteiger partial charge in [-0.15, -0.1) is 0 Å². The average molecular weight is 586 g/mol. The van der Waals surface area contributed by atoms with Crippen molar-refractivity contribution in [2.45, 2.75) is 117 Å². The highest BCUT2D eigenvalue weighted by Crippen LogP contribution is 2.22. The molecular formula is C38H53N2O3+. The van der Waals surface area contributed by atoms with Gasteiger partial charge in [-0.25, -0.2) is 4.57 Å². The molecule has 232 valence electrons. The fourth-order valence-corrected chi connectivity index (χ4v) is 5.40. The molecule has 2 aromatic carbocycles. The van der Waals surface area contributed by atoms with Crippen molar-refractivity contribution in [1.29, 1.82) is 0 Å². The molecule has 3 aromatic rings. The minimum absolute atomic E-state index is 0.0508. The molecule has 0 aliphatic heterocycles. The van der Waals surface area contributed by atoms with E-state index in [0.717, 1.165) is 36.2 Å². The number of Topliss-reactive ketones (excluding diaryl/α,β-unsaturated/α-hetero) is 1. The molecule has 3 rings (SSSR count). The van der Waals surface area contributed by atoms with Crippen LogP contribution in [-0.4, -0.2) is 18.3 Å². The number of ketones is 1. The van der Waals surface area contributed by atoms with Crippen LogP contribution in [0.5, 0.6) is 5.75 Å². The van der Waals surface area contributed by atoms with Gasteiger partial charge < -0.3 is 10.1 Å². The monoisotopic (exact) mass is 585 g/mol. The van der Waals surface area contributed by atoms with Crippen molar-refractivity contribution in [2.24, 2.45) is 0 Å². The fourth-order valence-electron chi connectivity index (χ4n) is 5.40. The molecule has 1 heterocycles. The normalized spacial score (nSPS) is 10.9. The summed E-state index contributed by atoms with van der Waals surface area (Å²) >= 11 is 0. The van der Waals surface area contributed by atoms with Gasteiger partial charge in [0.2, 0.25) is 5.91 Å². The van der Waals surface area contributed by atoms with Crippen LogP contribution in [0.3, 0.4) is 0 Å². The lowest BCUT2D eigenvalue weighted by molar-refractivity contribution is -0.688. The molecule has 0 atom stereocenters. The molecule has 0 radical (unpaired) electrons. The molecule has 0 unspecified atom stereocenters. The van der Waals surface area contributed by atoms with Crippen LogP contribution >= 0.6 is 0 Å². The molecule has 0 bridgehead atoms. The zero-order valence-corrected chi connectivity index (χ0v) is 26.6. The second-order valence-electron chi connectivity index (χ2n) is 11.8. The Bertz CT molecular complexity index is 1210. The van der Waals surface area contributed by atoms with Gasteiger partial charge in [0.25, 0.3) is 0 Å². The Morgan fingerprint density at radius 2 is 1.26 bits per heavy atom. The number of nitrogens with one attached hydrogen (secondary N) is 1. The standard InChI is InChI=1S/C38H52N2O3/c1-3-4-5-6-7-8-9-10-11-12-13-14-15-19-28-43-37-25-22-34(29-36(37)32(2)41)30-38(42)39-35-23-20-33(21-24-35)31-40-26-17-16-18-27-40/h16-18,20-27,29H,3-15,19,28,30-31H2,1-2H3/p+1. The maximum absolute atomic E-state index is 12.7. The number of hydrogen-bond donors (Lipinski definition) is 1. The van der Waals surface area contributed by atoms with Crippen LogP contribution in [0.1, 0.15) is 125 Å². The highest BCUT2D eigenvalue weighted by atomic mass is 16.5. The van der Waals surface area contributed by atoms with Gasteiger partial charge in [-0.1, -0.05) is 115 Å². The van der Waals surface area contributed by atoms with E-state index in [1.165, 1.54) is 77.0 Å². The van der Waals surface area contributed by atoms with Gasteiger partial charge >= 0.3 is 0 Å². The van der Waals surface area contributed by atoms with E-state index in [1.807, 2.05) is 67.0 Å². The fraction of sp³-hybridized carbons (Fsp3) is 0.500. The van der Waals surface area contributed by atoms with Crippen LogP contribution in [0, 0.1) is 0 Å². The first kappa shape index (κ1) is 34.0. The number of ether oxygens (including phenoxy) is 1. The maximum Gasteiger partial charge on any atom is 0.228 e. The number of anilines is 1. The maximum atomic E-state index is 12.7. The topological polar surface area (TPSA) is 59.3 Å². The number of unbranched alkanes of at least 4 members (excludes halogenated alkanes) is 13. The lowest BCUT2D eigenvalue weighted by atomic mass is 10.0. The van der Waals surface area contributed by atoms with Crippen LogP contribution < -0.4 is 14.6 Å². The first-order valence-electron chi connectivity index (χ1n) is 16.6. The first-order chi connectivity index (χ1) is 21.0. The average Bonchev–Trinajstić information content (AvgIpc) is 3.01. The Balaban J connectivity index is 1.31. The third kappa shape index (κ3) is 14.0. The number of hydrogen-bond acceptors (Lipinski definition) is 3. The van der Waals surface area contributed by atoms with Gasteiger partial charge in [-0.3, -0.25) is 9.59 Å². The van der Waals surface area contributed by atoms with Crippen LogP contribution in [0.15, 0.2) is 73.1 Å². The van der Waals surface area contributed by atoms with Gasteiger partial charge in [0.15, 0.2) is 24.7 Å². The van der Waals surface area contributed by atoms with Crippen molar-refractivity contribution in [2.75, 3.05) is 11.9 Å². The molecule has 0 spiro atoms. The SMILES string of the molecule is CCCCCCCCCCCCCCCCOc1ccc(CC(=O)Nc2ccc(C[n+]3ccccc3)cc2)cc1C(C)=O. The lowest BCUT2D eigenvalue weighted by Crippen LogP contribution is -2.32. The van der Waals surface area contributed by atoms with Crippen molar-refractivity contribution in [3.05, 3.63) is 89.7 Å². The third-order valence-corrected chi connectivity index (χ3v) is 7.92. The van der Waals surface area contributed by atoms with Crippen molar-refractivity contribution in [3.63, 3.8) is 0 Å². The summed E-state index contributed by atoms with van der Waals surface area (Å²) in [5.41, 5.74) is 3.25. The number of carbonyl (C=O) groups excluding carboxylic acids is 2. The van der Waals surface area contributed by atoms with Gasteiger partial charge in [0.1, 0.15) is 5.75 Å². The molecule has 0 saturated heterocycles. The smallest absolute Gasteiger partial charge is 0.228 e. The molecular weight excluding hydrogens is 532 g/mol. The minimum atomic E-state index is -0.115. The van der Waals surface area contributed by atoms with Crippen molar-refractivity contribution < 1.29 is 18.9 Å². The second kappa shape index (κ2) is 20.4. The number of pyridine rings is 1. The van der Waals surface area contributed by atoms with Crippen molar-refractivity contribution in [1.82, 2.24) is 0 Å². The zero-order valence-electron chi connectivity index (χ0n) is 26.6. The summed E-state index contributed by atoms with van der Waals surface area (Å²) in [6.07, 6.45) is 22.7. The van der Waals surface area contributed by atoms with Gasteiger partial charge in [-0.05, 0) is 43.2 Å². The van der Waals surface area contributed by atoms with Crippen molar-refractivity contribution >= 4 is 17.4 Å². The molecule has 0 aliphatic rings. The Hall–Kier alpha value is -3.47. The van der Waals surface area contributed by atoms with E-state index in [2.05, 4.69) is 16.8 Å². The molecule has 1 amide bonds. The number of aromatic nitrogens is 1. The van der Waals surface area contributed by atoms with E-state index in [-0.39, 0.29) is 18.1 Å². The zero-order chi connectivity index (χ0) is 30.5. The van der Waals surface area contributed by atoms with Crippen LogP contribution in [0.4, 0.5) is 5.69 Å². The second-order valence-corrected chi connectivity index (χ2v) is 11.8. The molecule has 43 heavy (non-hydrogen) atoms. The summed E-state index contributed by atoms with van der Waals surface area (Å²) in [4.78, 5) is 25.1. The Labute approximate surface area is 260 Å². The van der Waals surface area contributed by atoms with Crippen molar-refractivity contribution in [3.8, 4) is 5.75 Å². The summed E-state index contributed by atoms with van der Waals surface area (Å²) in [5, 5.41) is 2.97. The lowest BCUT2D eigenvalue weighted by Gasteiger charge is -2.12. The first-order valence-corrected chi connectivity index (χ1v) is 16.6. The molecule has 0 aliphatic carbocycles. The Kier molecular flexibility index (Phi) is 16.2. The molecule has 5 nitrogen and oxygen atoms in total. The number of carbonyl (C=O) groups is 2. The Morgan fingerprint density at radius 3 is 1.84 bits per heavy atom. The van der Waals surface area contributed by atoms with E-state index in [4.69, 9.17) is 4.74 Å². The summed E-state index contributed by atoms with van der Waals surface area (Å²) in [6, 6.07) is 19.4. The molecule has 0 fully saturated rings. The summed E-state index contributed by atoms with van der Waals surface area (Å²) in [5.74, 6) is 0.444. The minimum Gasteiger partial charge on any atom is -0.493 e. The van der Waals surface area contributed by atoms with Gasteiger partial charge in [0, 0.05) is 23.4 Å². The highest BCUT2D eigenvalue weighted by molar-refractivity contribution is 5.98. The van der Waals surface area contributed by atoms with Crippen LogP contribution in [0.25, 0.3) is 0 Å². The van der Waals surface area contributed by atoms with Crippen LogP contribution in [0.2, 0.25) is 0 Å². The summed E-state index contributed by atoms with van der Waals surface area (Å²) in [6.45, 7) is 5.20. The molecule has 5 heteroatoms. The summed E-state index contributed by atoms with van der Waals surface area (Å²) in [7, 11) is 0. The van der Waals surface area contributed by atoms with Gasteiger partial charge in [-0.2, -0.15) is 0 Å². The molecule has 0 saturated carbocycles. The van der Waals surface area contributed by atoms with E-state index >= 15 is 0 Å². The largest absolute Gasteiger partial charge is 0.493 e. The number of amides is 1. The molecule has 1 aromatic heterocycles. The van der Waals surface area contributed by atoms with Crippen LogP contribution in [-0.2, 0) is 17.8 Å². The van der Waals surface area contributed by atoms with E-state index < -0.39 is 0 Å². The van der Waals surface area contributed by atoms with E-state index in [0.29, 0.717) is 17.9 Å². The number of nitrogens with zero attached hydrogens (tertiary/aromatic N) is 1. The predicted octanol–water partition coefficient (Wildman–Crippen LogP) is 9.27. The van der Waals surface area contributed by atoms with E-state index in [1.54, 1.807) is 13.0 Å². The molecule has 1 N–H and O–H groups in total. The van der Waals surface area contributed by atoms with E-state index in [9.17, 15) is 9.59 Å². The Morgan fingerprint density at radius 1 is 0.698 bits per heavy atom. The predicted molar refractivity (Wildman–Crippen MR) is 177 cm³/mol.